The molecule has 0 saturated carbocycles. The van der Waals surface area contributed by atoms with Crippen LogP contribution in [0.15, 0.2) is 30.3 Å². The molecule has 6 nitrogen and oxygen atoms in total. The van der Waals surface area contributed by atoms with Crippen LogP contribution in [0.4, 0.5) is 17.3 Å². The first-order chi connectivity index (χ1) is 9.31. The SMILES string of the molecule is Nc1ccc(Nc2ccc3c(c2)OCCCO3)nn1. The number of hydrogen-bond acceptors (Lipinski definition) is 6. The fourth-order valence-corrected chi connectivity index (χ4v) is 1.80. The number of nitrogens with two attached hydrogens (primary N) is 1. The van der Waals surface area contributed by atoms with Gasteiger partial charge in [0.05, 0.1) is 13.2 Å². The predicted octanol–water partition coefficient (Wildman–Crippen LogP) is 1.96. The second kappa shape index (κ2) is 5.01. The van der Waals surface area contributed by atoms with Crippen LogP contribution in [-0.4, -0.2) is 23.4 Å². The Balaban J connectivity index is 1.81. The summed E-state index contributed by atoms with van der Waals surface area (Å²) in [5.41, 5.74) is 6.35. The Kier molecular flexibility index (Phi) is 3.06. The van der Waals surface area contributed by atoms with E-state index in [0.29, 0.717) is 24.8 Å². The molecular formula is C13H14N4O2. The van der Waals surface area contributed by atoms with Crippen LogP contribution in [0.1, 0.15) is 6.42 Å². The van der Waals surface area contributed by atoms with Gasteiger partial charge in [0.15, 0.2) is 17.3 Å². The van der Waals surface area contributed by atoms with Crippen LogP contribution in [0.3, 0.4) is 0 Å². The maximum atomic E-state index is 5.62. The molecule has 3 N–H and O–H groups in total. The van der Waals surface area contributed by atoms with E-state index in [2.05, 4.69) is 15.5 Å². The molecule has 6 heteroatoms. The number of anilines is 3. The molecule has 0 aliphatic carbocycles. The molecule has 1 aromatic carbocycles. The second-order valence-corrected chi connectivity index (χ2v) is 4.18. The van der Waals surface area contributed by atoms with Gasteiger partial charge < -0.3 is 20.5 Å². The van der Waals surface area contributed by atoms with Crippen molar-refractivity contribution in [1.82, 2.24) is 10.2 Å². The highest BCUT2D eigenvalue weighted by molar-refractivity contribution is 5.61. The van der Waals surface area contributed by atoms with E-state index in [-0.39, 0.29) is 0 Å². The molecule has 2 aromatic rings. The van der Waals surface area contributed by atoms with Gasteiger partial charge >= 0.3 is 0 Å². The van der Waals surface area contributed by atoms with Gasteiger partial charge in [0, 0.05) is 18.2 Å². The molecule has 0 atom stereocenters. The predicted molar refractivity (Wildman–Crippen MR) is 71.8 cm³/mol. The van der Waals surface area contributed by atoms with Crippen molar-refractivity contribution in [2.24, 2.45) is 0 Å². The first-order valence-electron chi connectivity index (χ1n) is 6.07. The third-order valence-electron chi connectivity index (χ3n) is 2.71. The van der Waals surface area contributed by atoms with Gasteiger partial charge in [-0.25, -0.2) is 0 Å². The van der Waals surface area contributed by atoms with Gasteiger partial charge in [-0.1, -0.05) is 0 Å². The lowest BCUT2D eigenvalue weighted by Gasteiger charge is -2.10. The van der Waals surface area contributed by atoms with Crippen molar-refractivity contribution < 1.29 is 9.47 Å². The quantitative estimate of drug-likeness (QED) is 0.857. The lowest BCUT2D eigenvalue weighted by molar-refractivity contribution is 0.297. The minimum atomic E-state index is 0.393. The number of nitrogen functional groups attached to an aromatic ring is 1. The van der Waals surface area contributed by atoms with Crippen LogP contribution in [0, 0.1) is 0 Å². The number of nitrogens with zero attached hydrogens (tertiary/aromatic N) is 2. The monoisotopic (exact) mass is 258 g/mol. The average molecular weight is 258 g/mol. The third-order valence-corrected chi connectivity index (χ3v) is 2.71. The van der Waals surface area contributed by atoms with E-state index in [1.165, 1.54) is 0 Å². The van der Waals surface area contributed by atoms with Gasteiger partial charge in [-0.3, -0.25) is 0 Å². The molecule has 0 bridgehead atoms. The highest BCUT2D eigenvalue weighted by atomic mass is 16.5. The van der Waals surface area contributed by atoms with Crippen LogP contribution in [0.5, 0.6) is 11.5 Å². The van der Waals surface area contributed by atoms with Crippen molar-refractivity contribution in [3.05, 3.63) is 30.3 Å². The van der Waals surface area contributed by atoms with E-state index >= 15 is 0 Å². The minimum Gasteiger partial charge on any atom is -0.490 e. The van der Waals surface area contributed by atoms with Crippen molar-refractivity contribution in [2.45, 2.75) is 6.42 Å². The molecular weight excluding hydrogens is 244 g/mol. The molecule has 1 aromatic heterocycles. The van der Waals surface area contributed by atoms with Crippen molar-refractivity contribution >= 4 is 17.3 Å². The number of hydrogen-bond donors (Lipinski definition) is 2. The average Bonchev–Trinajstić information content (AvgIpc) is 2.66. The maximum absolute atomic E-state index is 5.62. The van der Waals surface area contributed by atoms with E-state index in [0.717, 1.165) is 23.6 Å². The number of rotatable bonds is 2. The van der Waals surface area contributed by atoms with Crippen LogP contribution < -0.4 is 20.5 Å². The van der Waals surface area contributed by atoms with Crippen LogP contribution >= 0.6 is 0 Å². The van der Waals surface area contributed by atoms with Gasteiger partial charge in [-0.05, 0) is 24.3 Å². The number of fused-ring (bicyclic) bond motifs is 1. The highest BCUT2D eigenvalue weighted by Gasteiger charge is 2.10. The minimum absolute atomic E-state index is 0.393. The zero-order valence-electron chi connectivity index (χ0n) is 10.3. The van der Waals surface area contributed by atoms with Crippen molar-refractivity contribution in [3.63, 3.8) is 0 Å². The molecule has 19 heavy (non-hydrogen) atoms. The summed E-state index contributed by atoms with van der Waals surface area (Å²) >= 11 is 0. The molecule has 0 radical (unpaired) electrons. The van der Waals surface area contributed by atoms with Gasteiger partial charge in [0.2, 0.25) is 0 Å². The molecule has 2 heterocycles. The normalized spacial score (nSPS) is 13.7. The summed E-state index contributed by atoms with van der Waals surface area (Å²) in [5, 5.41) is 10.9. The van der Waals surface area contributed by atoms with Crippen LogP contribution in [-0.2, 0) is 0 Å². The van der Waals surface area contributed by atoms with E-state index in [1.54, 1.807) is 12.1 Å². The zero-order valence-corrected chi connectivity index (χ0v) is 10.3. The summed E-state index contributed by atoms with van der Waals surface area (Å²) in [5.74, 6) is 2.53. The topological polar surface area (TPSA) is 82.3 Å². The second-order valence-electron chi connectivity index (χ2n) is 4.18. The van der Waals surface area contributed by atoms with E-state index in [4.69, 9.17) is 15.2 Å². The number of benzene rings is 1. The molecule has 0 fully saturated rings. The zero-order chi connectivity index (χ0) is 13.1. The Labute approximate surface area is 110 Å². The Morgan fingerprint density at radius 2 is 1.84 bits per heavy atom. The van der Waals surface area contributed by atoms with Crippen molar-refractivity contribution in [3.8, 4) is 11.5 Å². The highest BCUT2D eigenvalue weighted by Crippen LogP contribution is 2.32. The molecule has 3 rings (SSSR count). The molecule has 0 unspecified atom stereocenters. The molecule has 0 amide bonds. The summed E-state index contributed by atoms with van der Waals surface area (Å²) in [4.78, 5) is 0. The lowest BCUT2D eigenvalue weighted by Crippen LogP contribution is -1.99. The molecule has 0 saturated heterocycles. The molecule has 98 valence electrons. The number of nitrogens with one attached hydrogen (secondary N) is 1. The Morgan fingerprint density at radius 3 is 2.63 bits per heavy atom. The maximum Gasteiger partial charge on any atom is 0.163 e. The third kappa shape index (κ3) is 2.67. The van der Waals surface area contributed by atoms with Crippen LogP contribution in [0.25, 0.3) is 0 Å². The summed E-state index contributed by atoms with van der Waals surface area (Å²) in [6.07, 6.45) is 0.890. The van der Waals surface area contributed by atoms with Gasteiger partial charge in [0.25, 0.3) is 0 Å². The molecule has 1 aliphatic heterocycles. The fraction of sp³-hybridized carbons (Fsp3) is 0.231. The smallest absolute Gasteiger partial charge is 0.163 e. The van der Waals surface area contributed by atoms with Gasteiger partial charge in [-0.2, -0.15) is 0 Å². The Hall–Kier alpha value is -2.50. The Morgan fingerprint density at radius 1 is 1.00 bits per heavy atom. The Bertz CT molecular complexity index is 571. The van der Waals surface area contributed by atoms with E-state index in [9.17, 15) is 0 Å². The van der Waals surface area contributed by atoms with Crippen molar-refractivity contribution in [2.75, 3.05) is 24.3 Å². The molecule has 1 aliphatic rings. The summed E-state index contributed by atoms with van der Waals surface area (Å²) in [6.45, 7) is 1.35. The van der Waals surface area contributed by atoms with E-state index in [1.807, 2.05) is 18.2 Å². The summed E-state index contributed by atoms with van der Waals surface area (Å²) in [7, 11) is 0. The summed E-state index contributed by atoms with van der Waals surface area (Å²) < 4.78 is 11.2. The fourth-order valence-electron chi connectivity index (χ4n) is 1.80. The summed E-state index contributed by atoms with van der Waals surface area (Å²) in [6, 6.07) is 9.14. The lowest BCUT2D eigenvalue weighted by atomic mass is 10.2. The first-order valence-corrected chi connectivity index (χ1v) is 6.07. The number of ether oxygens (including phenoxy) is 2. The van der Waals surface area contributed by atoms with Crippen LogP contribution in [0.2, 0.25) is 0 Å². The number of aromatic nitrogens is 2. The molecule has 0 spiro atoms. The van der Waals surface area contributed by atoms with Gasteiger partial charge in [0.1, 0.15) is 5.82 Å². The van der Waals surface area contributed by atoms with Gasteiger partial charge in [-0.15, -0.1) is 10.2 Å². The van der Waals surface area contributed by atoms with Crippen molar-refractivity contribution in [1.29, 1.82) is 0 Å². The van der Waals surface area contributed by atoms with E-state index < -0.39 is 0 Å². The largest absolute Gasteiger partial charge is 0.490 e. The first kappa shape index (κ1) is 11.6. The standard InChI is InChI=1S/C13H14N4O2/c14-12-4-5-13(17-16-12)15-9-2-3-10-11(8-9)19-7-1-6-18-10/h2-5,8H,1,6-7H2,(H2,14,16)(H,15,17).